The predicted molar refractivity (Wildman–Crippen MR) is 92.8 cm³/mol. The van der Waals surface area contributed by atoms with Gasteiger partial charge in [-0.3, -0.25) is 9.88 Å². The Bertz CT molecular complexity index is 642. The molecule has 0 spiro atoms. The number of aromatic nitrogens is 2. The molecule has 1 aliphatic rings. The Morgan fingerprint density at radius 2 is 1.87 bits per heavy atom. The molecule has 6 nitrogen and oxygen atoms in total. The van der Waals surface area contributed by atoms with E-state index >= 15 is 0 Å². The van der Waals surface area contributed by atoms with Crippen LogP contribution in [-0.2, 0) is 0 Å². The SMILES string of the molecule is CN1CCN(C[C@H](O)CN(C)c2cnc3ccccc3n2)CC1. The van der Waals surface area contributed by atoms with Crippen molar-refractivity contribution in [3.63, 3.8) is 0 Å². The molecule has 1 saturated heterocycles. The largest absolute Gasteiger partial charge is 0.390 e. The number of fused-ring (bicyclic) bond motifs is 1. The van der Waals surface area contributed by atoms with Gasteiger partial charge in [-0.2, -0.15) is 0 Å². The number of likely N-dealkylation sites (N-methyl/N-ethyl adjacent to an activating group) is 2. The van der Waals surface area contributed by atoms with Crippen molar-refractivity contribution in [1.82, 2.24) is 19.8 Å². The summed E-state index contributed by atoms with van der Waals surface area (Å²) < 4.78 is 0. The van der Waals surface area contributed by atoms with Gasteiger partial charge in [-0.25, -0.2) is 4.98 Å². The molecule has 0 unspecified atom stereocenters. The highest BCUT2D eigenvalue weighted by Crippen LogP contribution is 2.14. The summed E-state index contributed by atoms with van der Waals surface area (Å²) in [5.74, 6) is 0.793. The Labute approximate surface area is 137 Å². The highest BCUT2D eigenvalue weighted by atomic mass is 16.3. The van der Waals surface area contributed by atoms with Gasteiger partial charge in [0.15, 0.2) is 0 Å². The second-order valence-corrected chi connectivity index (χ2v) is 6.36. The first-order valence-corrected chi connectivity index (χ1v) is 8.14. The van der Waals surface area contributed by atoms with Gasteiger partial charge in [0.25, 0.3) is 0 Å². The zero-order chi connectivity index (χ0) is 16.2. The van der Waals surface area contributed by atoms with E-state index in [9.17, 15) is 5.11 Å². The van der Waals surface area contributed by atoms with E-state index in [2.05, 4.69) is 26.8 Å². The van der Waals surface area contributed by atoms with Gasteiger partial charge in [0.1, 0.15) is 5.82 Å². The van der Waals surface area contributed by atoms with Crippen LogP contribution < -0.4 is 4.90 Å². The van der Waals surface area contributed by atoms with Crippen LogP contribution in [0, 0.1) is 0 Å². The number of anilines is 1. The molecule has 1 N–H and O–H groups in total. The molecule has 3 rings (SSSR count). The number of nitrogens with zero attached hydrogens (tertiary/aromatic N) is 5. The van der Waals surface area contributed by atoms with Crippen molar-refractivity contribution >= 4 is 16.9 Å². The molecule has 1 fully saturated rings. The maximum absolute atomic E-state index is 10.4. The minimum absolute atomic E-state index is 0.392. The minimum atomic E-state index is -0.392. The van der Waals surface area contributed by atoms with E-state index in [4.69, 9.17) is 0 Å². The van der Waals surface area contributed by atoms with Crippen molar-refractivity contribution in [2.45, 2.75) is 6.10 Å². The van der Waals surface area contributed by atoms with Crippen LogP contribution in [-0.4, -0.2) is 84.3 Å². The third-order valence-corrected chi connectivity index (χ3v) is 4.38. The summed E-state index contributed by atoms with van der Waals surface area (Å²) in [7, 11) is 4.09. The Kier molecular flexibility index (Phi) is 5.05. The lowest BCUT2D eigenvalue weighted by Gasteiger charge is -2.34. The van der Waals surface area contributed by atoms with Gasteiger partial charge >= 0.3 is 0 Å². The molecule has 1 aromatic carbocycles. The fraction of sp³-hybridized carbons (Fsp3) is 0.529. The molecule has 1 aliphatic heterocycles. The molecule has 1 aromatic heterocycles. The van der Waals surface area contributed by atoms with E-state index in [0.29, 0.717) is 13.1 Å². The quantitative estimate of drug-likeness (QED) is 0.875. The van der Waals surface area contributed by atoms with Gasteiger partial charge in [-0.05, 0) is 19.2 Å². The Balaban J connectivity index is 1.57. The predicted octanol–water partition coefficient (Wildman–Crippen LogP) is 0.674. The Morgan fingerprint density at radius 3 is 2.61 bits per heavy atom. The lowest BCUT2D eigenvalue weighted by molar-refractivity contribution is 0.0842. The second-order valence-electron chi connectivity index (χ2n) is 6.36. The average Bonchev–Trinajstić information content (AvgIpc) is 2.56. The molecule has 124 valence electrons. The van der Waals surface area contributed by atoms with Crippen molar-refractivity contribution in [3.05, 3.63) is 30.5 Å². The zero-order valence-electron chi connectivity index (χ0n) is 13.9. The van der Waals surface area contributed by atoms with Crippen LogP contribution in [0.2, 0.25) is 0 Å². The van der Waals surface area contributed by atoms with Crippen molar-refractivity contribution in [3.8, 4) is 0 Å². The topological polar surface area (TPSA) is 55.7 Å². The highest BCUT2D eigenvalue weighted by molar-refractivity contribution is 5.75. The van der Waals surface area contributed by atoms with E-state index in [1.165, 1.54) is 0 Å². The molecule has 0 amide bonds. The molecule has 0 bridgehead atoms. The second kappa shape index (κ2) is 7.21. The fourth-order valence-corrected chi connectivity index (χ4v) is 2.93. The third kappa shape index (κ3) is 4.16. The first kappa shape index (κ1) is 16.1. The van der Waals surface area contributed by atoms with Crippen LogP contribution in [0.1, 0.15) is 0 Å². The number of para-hydroxylation sites is 2. The molecule has 2 heterocycles. The fourth-order valence-electron chi connectivity index (χ4n) is 2.93. The molecule has 0 saturated carbocycles. The van der Waals surface area contributed by atoms with Gasteiger partial charge in [-0.15, -0.1) is 0 Å². The zero-order valence-corrected chi connectivity index (χ0v) is 13.9. The van der Waals surface area contributed by atoms with Crippen LogP contribution in [0.25, 0.3) is 11.0 Å². The molecule has 2 aromatic rings. The number of aliphatic hydroxyl groups excluding tert-OH is 1. The smallest absolute Gasteiger partial charge is 0.147 e. The van der Waals surface area contributed by atoms with Gasteiger partial charge in [0.05, 0.1) is 23.3 Å². The number of aliphatic hydroxyl groups is 1. The van der Waals surface area contributed by atoms with E-state index in [1.807, 2.05) is 36.2 Å². The lowest BCUT2D eigenvalue weighted by atomic mass is 10.2. The van der Waals surface area contributed by atoms with Crippen molar-refractivity contribution < 1.29 is 5.11 Å². The Hall–Kier alpha value is -1.76. The Morgan fingerprint density at radius 1 is 1.17 bits per heavy atom. The summed E-state index contributed by atoms with van der Waals surface area (Å²) in [5.41, 5.74) is 1.77. The van der Waals surface area contributed by atoms with Crippen LogP contribution in [0.3, 0.4) is 0 Å². The molecule has 0 radical (unpaired) electrons. The number of piperazine rings is 1. The molecular formula is C17H25N5O. The summed E-state index contributed by atoms with van der Waals surface area (Å²) in [6, 6.07) is 7.83. The average molecular weight is 315 g/mol. The number of rotatable bonds is 5. The maximum Gasteiger partial charge on any atom is 0.147 e. The van der Waals surface area contributed by atoms with Gasteiger partial charge < -0.3 is 14.9 Å². The van der Waals surface area contributed by atoms with E-state index in [1.54, 1.807) is 6.20 Å². The van der Waals surface area contributed by atoms with E-state index < -0.39 is 6.10 Å². The van der Waals surface area contributed by atoms with Crippen molar-refractivity contribution in [1.29, 1.82) is 0 Å². The first-order chi connectivity index (χ1) is 11.1. The summed E-state index contributed by atoms with van der Waals surface area (Å²) in [6.45, 7) is 5.44. The van der Waals surface area contributed by atoms with Gasteiger partial charge in [-0.1, -0.05) is 12.1 Å². The third-order valence-electron chi connectivity index (χ3n) is 4.38. The summed E-state index contributed by atoms with van der Waals surface area (Å²) in [6.07, 6.45) is 1.38. The van der Waals surface area contributed by atoms with Crippen molar-refractivity contribution in [2.24, 2.45) is 0 Å². The minimum Gasteiger partial charge on any atom is -0.390 e. The molecular weight excluding hydrogens is 290 g/mol. The van der Waals surface area contributed by atoms with Crippen LogP contribution in [0.15, 0.2) is 30.5 Å². The maximum atomic E-state index is 10.4. The first-order valence-electron chi connectivity index (χ1n) is 8.14. The van der Waals surface area contributed by atoms with Crippen LogP contribution in [0.5, 0.6) is 0 Å². The number of benzene rings is 1. The monoisotopic (exact) mass is 315 g/mol. The van der Waals surface area contributed by atoms with Gasteiger partial charge in [0, 0.05) is 46.3 Å². The molecule has 0 aliphatic carbocycles. The number of β-amino-alcohol motifs (C(OH)–C–C–N with tert-alkyl or cyclic N) is 1. The highest BCUT2D eigenvalue weighted by Gasteiger charge is 2.18. The molecule has 6 heteroatoms. The summed E-state index contributed by atoms with van der Waals surface area (Å²) in [5, 5.41) is 10.4. The standard InChI is InChI=1S/C17H25N5O/c1-20-7-9-22(10-8-20)13-14(23)12-21(2)17-11-18-15-5-3-4-6-16(15)19-17/h3-6,11,14,23H,7-10,12-13H2,1-2H3/t14-/m1/s1. The molecule has 1 atom stereocenters. The lowest BCUT2D eigenvalue weighted by Crippen LogP contribution is -2.48. The number of hydrogen-bond acceptors (Lipinski definition) is 6. The molecule has 23 heavy (non-hydrogen) atoms. The van der Waals surface area contributed by atoms with Crippen LogP contribution >= 0.6 is 0 Å². The summed E-state index contributed by atoms with van der Waals surface area (Å²) >= 11 is 0. The van der Waals surface area contributed by atoms with Gasteiger partial charge in [0.2, 0.25) is 0 Å². The summed E-state index contributed by atoms with van der Waals surface area (Å²) in [4.78, 5) is 15.7. The van der Waals surface area contributed by atoms with E-state index in [0.717, 1.165) is 43.0 Å². The van der Waals surface area contributed by atoms with Crippen LogP contribution in [0.4, 0.5) is 5.82 Å². The number of hydrogen-bond donors (Lipinski definition) is 1. The normalized spacial score (nSPS) is 18.2. The van der Waals surface area contributed by atoms with Crippen molar-refractivity contribution in [2.75, 3.05) is 58.3 Å². The van der Waals surface area contributed by atoms with E-state index in [-0.39, 0.29) is 0 Å².